The van der Waals surface area contributed by atoms with Crippen molar-refractivity contribution in [1.29, 1.82) is 0 Å². The summed E-state index contributed by atoms with van der Waals surface area (Å²) < 4.78 is 39.6. The van der Waals surface area contributed by atoms with E-state index in [0.717, 1.165) is 101 Å². The zero-order valence-corrected chi connectivity index (χ0v) is 33.1. The molecule has 0 saturated carbocycles. The Morgan fingerprint density at radius 3 is 2.73 bits per heavy atom. The van der Waals surface area contributed by atoms with E-state index in [1.165, 1.54) is 10.9 Å². The van der Waals surface area contributed by atoms with Crippen LogP contribution in [-0.2, 0) is 30.0 Å². The Hall–Kier alpha value is -4.37. The van der Waals surface area contributed by atoms with Crippen molar-refractivity contribution in [2.24, 2.45) is 14.1 Å². The molecule has 4 fully saturated rings. The van der Waals surface area contributed by atoms with Crippen LogP contribution in [0.4, 0.5) is 10.2 Å². The summed E-state index contributed by atoms with van der Waals surface area (Å²) in [4.78, 5) is 14.6. The van der Waals surface area contributed by atoms with Crippen molar-refractivity contribution >= 4 is 49.6 Å². The summed E-state index contributed by atoms with van der Waals surface area (Å²) in [6.07, 6.45) is 5.33. The molecule has 0 spiro atoms. The van der Waals surface area contributed by atoms with Crippen LogP contribution in [0.5, 0.6) is 6.01 Å². The van der Waals surface area contributed by atoms with E-state index in [4.69, 9.17) is 34.4 Å². The first-order valence-corrected chi connectivity index (χ1v) is 20.4. The summed E-state index contributed by atoms with van der Waals surface area (Å²) >= 11 is 0. The zero-order valence-electron chi connectivity index (χ0n) is 33.1. The number of aryl methyl sites for hydroxylation is 4. The Bertz CT molecular complexity index is 2500. The van der Waals surface area contributed by atoms with Crippen molar-refractivity contribution in [2.75, 3.05) is 57.5 Å². The highest BCUT2D eigenvalue weighted by Gasteiger charge is 2.49. The van der Waals surface area contributed by atoms with E-state index in [-0.39, 0.29) is 24.4 Å². The first kappa shape index (κ1) is 36.0. The number of rotatable bonds is 7. The Morgan fingerprint density at radius 1 is 1.04 bits per heavy atom. The molecule has 10 rings (SSSR count). The fourth-order valence-electron chi connectivity index (χ4n) is 10.4. The number of fused-ring (bicyclic) bond motifs is 6. The molecule has 1 unspecified atom stereocenters. The molecule has 1 N–H and O–H groups in total. The number of alkyl halides is 1. The molecule has 56 heavy (non-hydrogen) atoms. The minimum absolute atomic E-state index is 0.122. The molecule has 296 valence electrons. The number of hydrogen-bond acceptors (Lipinski definition) is 10. The van der Waals surface area contributed by atoms with Gasteiger partial charge in [0.05, 0.1) is 52.9 Å². The predicted octanol–water partition coefficient (Wildman–Crippen LogP) is 6.14. The van der Waals surface area contributed by atoms with Crippen LogP contribution in [0.2, 0.25) is 0 Å². The highest BCUT2D eigenvalue weighted by atomic mass is 19.1. The Balaban J connectivity index is 1.22. The van der Waals surface area contributed by atoms with Gasteiger partial charge in [0.2, 0.25) is 0 Å². The minimum atomic E-state index is -1.10. The largest absolute Gasteiger partial charge is 0.461 e. The molecule has 4 saturated heterocycles. The highest BCUT2D eigenvalue weighted by molar-refractivity contribution is 6.20. The van der Waals surface area contributed by atoms with E-state index in [2.05, 4.69) is 57.2 Å². The van der Waals surface area contributed by atoms with Crippen molar-refractivity contribution in [3.8, 4) is 17.3 Å². The first-order chi connectivity index (χ1) is 27.1. The van der Waals surface area contributed by atoms with E-state index in [1.54, 1.807) is 6.92 Å². The summed E-state index contributed by atoms with van der Waals surface area (Å²) in [5.74, 6) is 0.655. The lowest BCUT2D eigenvalue weighted by Gasteiger charge is -2.31. The molecule has 4 aliphatic rings. The van der Waals surface area contributed by atoms with Crippen LogP contribution in [0.25, 0.3) is 55.0 Å². The van der Waals surface area contributed by atoms with Crippen LogP contribution in [-0.4, -0.2) is 114 Å². The molecule has 4 aromatic heterocycles. The number of aliphatic hydroxyl groups is 1. The maximum atomic E-state index is 14.8. The highest BCUT2D eigenvalue weighted by Crippen LogP contribution is 2.46. The number of anilines is 1. The molecule has 0 amide bonds. The summed E-state index contributed by atoms with van der Waals surface area (Å²) in [7, 11) is 4.02. The van der Waals surface area contributed by atoms with Gasteiger partial charge in [-0.3, -0.25) is 9.58 Å². The van der Waals surface area contributed by atoms with Gasteiger partial charge in [0.1, 0.15) is 29.9 Å². The van der Waals surface area contributed by atoms with Gasteiger partial charge in [-0.25, -0.2) is 9.07 Å². The lowest BCUT2D eigenvalue weighted by Crippen LogP contribution is -2.44. The van der Waals surface area contributed by atoms with Crippen molar-refractivity contribution in [2.45, 2.75) is 89.3 Å². The Labute approximate surface area is 325 Å². The molecule has 14 heteroatoms. The third kappa shape index (κ3) is 5.61. The van der Waals surface area contributed by atoms with Gasteiger partial charge in [-0.05, 0) is 81.3 Å². The molecule has 0 radical (unpaired) electrons. The smallest absolute Gasteiger partial charge is 0.320 e. The fourth-order valence-corrected chi connectivity index (χ4v) is 10.4. The number of aromatic nitrogens is 7. The number of hydrogen-bond donors (Lipinski definition) is 1. The van der Waals surface area contributed by atoms with E-state index >= 15 is 0 Å². The number of β-amino-alcohol motifs (C(OH)–C–C–N with tert-alkyl or cyclic N) is 1. The molecule has 13 nitrogen and oxygen atoms in total. The summed E-state index contributed by atoms with van der Waals surface area (Å²) in [6, 6.07) is 9.05. The van der Waals surface area contributed by atoms with Crippen LogP contribution < -0.4 is 9.64 Å². The minimum Gasteiger partial charge on any atom is -0.461 e. The summed E-state index contributed by atoms with van der Waals surface area (Å²) in [6.45, 7) is 9.95. The van der Waals surface area contributed by atoms with Crippen LogP contribution in [0.15, 0.2) is 24.3 Å². The summed E-state index contributed by atoms with van der Waals surface area (Å²) in [5, 5.41) is 26.1. The van der Waals surface area contributed by atoms with Crippen molar-refractivity contribution in [1.82, 2.24) is 39.0 Å². The maximum absolute atomic E-state index is 14.8. The van der Waals surface area contributed by atoms with Gasteiger partial charge in [0.15, 0.2) is 11.9 Å². The monoisotopic (exact) mass is 765 g/mol. The van der Waals surface area contributed by atoms with E-state index in [9.17, 15) is 9.50 Å². The molecule has 4 aliphatic heterocycles. The van der Waals surface area contributed by atoms with Crippen LogP contribution in [0.3, 0.4) is 0 Å². The molecule has 0 bridgehead atoms. The number of halogens is 1. The third-order valence-corrected chi connectivity index (χ3v) is 12.9. The molecule has 8 heterocycles. The van der Waals surface area contributed by atoms with Gasteiger partial charge in [-0.1, -0.05) is 25.1 Å². The average molecular weight is 766 g/mol. The number of benzene rings is 2. The second-order valence-corrected chi connectivity index (χ2v) is 17.0. The average Bonchev–Trinajstić information content (AvgIpc) is 3.95. The molecule has 4 atom stereocenters. The standard InChI is InChI=1S/C42H52FN9O4/c1-6-26-11-9-12-27-19-29-31(25(2)46-52(29)30-13-7-8-17-55-30)33(32(26)27)35-37-36(49(5)47-35)34-38(48(37)4)44-40(45-39(34)50-16-18-54-23-41(3,53)22-50)56-24-42-14-10-15-51(42)21-28(43)20-42/h9,11-12,19,28,30,53H,6-8,10,13-18,20-24H2,1-5H3/t28-,30?,41+,42+/m1/s1. The summed E-state index contributed by atoms with van der Waals surface area (Å²) in [5.41, 5.74) is 6.15. The van der Waals surface area contributed by atoms with Gasteiger partial charge in [-0.2, -0.15) is 20.2 Å². The van der Waals surface area contributed by atoms with Gasteiger partial charge in [0.25, 0.3) is 0 Å². The van der Waals surface area contributed by atoms with E-state index in [0.29, 0.717) is 50.7 Å². The topological polar surface area (TPSA) is 121 Å². The zero-order chi connectivity index (χ0) is 38.5. The second kappa shape index (κ2) is 13.4. The quantitative estimate of drug-likeness (QED) is 0.203. The molecular formula is C42H52FN9O4. The van der Waals surface area contributed by atoms with Gasteiger partial charge >= 0.3 is 6.01 Å². The van der Waals surface area contributed by atoms with Crippen molar-refractivity contribution in [3.63, 3.8) is 0 Å². The van der Waals surface area contributed by atoms with Gasteiger partial charge in [-0.15, -0.1) is 0 Å². The Kier molecular flexibility index (Phi) is 8.59. The number of nitrogens with zero attached hydrogens (tertiary/aromatic N) is 9. The first-order valence-electron chi connectivity index (χ1n) is 20.4. The normalized spacial score (nSPS) is 26.3. The third-order valence-electron chi connectivity index (χ3n) is 12.9. The fraction of sp³-hybridized carbons (Fsp3) is 0.571. The van der Waals surface area contributed by atoms with Crippen molar-refractivity contribution < 1.29 is 23.7 Å². The van der Waals surface area contributed by atoms with Crippen molar-refractivity contribution in [3.05, 3.63) is 35.5 Å². The molecule has 2 aromatic carbocycles. The number of ether oxygens (including phenoxy) is 3. The van der Waals surface area contributed by atoms with Crippen LogP contribution in [0.1, 0.15) is 69.9 Å². The van der Waals surface area contributed by atoms with Gasteiger partial charge in [0, 0.05) is 51.2 Å². The maximum Gasteiger partial charge on any atom is 0.320 e. The van der Waals surface area contributed by atoms with Crippen LogP contribution in [0, 0.1) is 6.92 Å². The van der Waals surface area contributed by atoms with Crippen LogP contribution >= 0.6 is 0 Å². The second-order valence-electron chi connectivity index (χ2n) is 17.0. The molecular weight excluding hydrogens is 714 g/mol. The SMILES string of the molecule is CCc1cccc2cc3c(c(C)nn3C3CCCCO3)c(-c3nn(C)c4c5c(N6CCOC[C@@](C)(O)C6)nc(OC[C@@]67CCCN6C[C@H](F)C7)nc5n(C)c34)c12. The lowest BCUT2D eigenvalue weighted by molar-refractivity contribution is -0.0368. The lowest BCUT2D eigenvalue weighted by atomic mass is 9.92. The molecule has 0 aliphatic carbocycles. The molecule has 6 aromatic rings. The van der Waals surface area contributed by atoms with E-state index < -0.39 is 11.8 Å². The Morgan fingerprint density at radius 2 is 1.91 bits per heavy atom. The predicted molar refractivity (Wildman–Crippen MR) is 214 cm³/mol. The van der Waals surface area contributed by atoms with Gasteiger partial charge < -0.3 is 28.8 Å². The van der Waals surface area contributed by atoms with E-state index in [1.807, 2.05) is 18.8 Å².